The molecule has 0 fully saturated rings. The molecule has 1 rings (SSSR count). The second-order valence-corrected chi connectivity index (χ2v) is 3.27. The van der Waals surface area contributed by atoms with Gasteiger partial charge in [0.05, 0.1) is 7.11 Å². The maximum Gasteiger partial charge on any atom is 0.328 e. The van der Waals surface area contributed by atoms with Gasteiger partial charge in [-0.1, -0.05) is 18.1 Å². The number of methoxy groups -OCH3 is 1. The number of ether oxygens (including phenoxy) is 2. The molecule has 4 heteroatoms. The lowest BCUT2D eigenvalue weighted by atomic mass is 10.1. The molecule has 0 aliphatic rings. The lowest BCUT2D eigenvalue weighted by Gasteiger charge is -2.11. The van der Waals surface area contributed by atoms with E-state index in [0.717, 1.165) is 6.08 Å². The molecule has 0 aromatic heterocycles. The van der Waals surface area contributed by atoms with Gasteiger partial charge in [0, 0.05) is 11.6 Å². The number of carboxylic acids is 1. The minimum atomic E-state index is -1.02. The van der Waals surface area contributed by atoms with Gasteiger partial charge in [0.25, 0.3) is 0 Å². The van der Waals surface area contributed by atoms with E-state index >= 15 is 0 Å². The Hall–Kier alpha value is -2.41. The number of rotatable bonds is 5. The van der Waals surface area contributed by atoms with Gasteiger partial charge in [0.15, 0.2) is 11.5 Å². The Bertz CT molecular complexity index is 506. The van der Waals surface area contributed by atoms with Gasteiger partial charge in [-0.15, -0.1) is 5.92 Å². The maximum absolute atomic E-state index is 10.5. The SMILES string of the molecule is CC#CCOc1c(C=CC(=O)O)cccc1OC. The van der Waals surface area contributed by atoms with Crippen molar-refractivity contribution < 1.29 is 19.4 Å². The van der Waals surface area contributed by atoms with Crippen molar-refractivity contribution in [3.63, 3.8) is 0 Å². The lowest BCUT2D eigenvalue weighted by molar-refractivity contribution is -0.131. The van der Waals surface area contributed by atoms with Crippen LogP contribution in [0, 0.1) is 11.8 Å². The van der Waals surface area contributed by atoms with Crippen LogP contribution in [-0.4, -0.2) is 24.8 Å². The van der Waals surface area contributed by atoms with E-state index in [4.69, 9.17) is 14.6 Å². The molecule has 0 atom stereocenters. The van der Waals surface area contributed by atoms with Crippen LogP contribution >= 0.6 is 0 Å². The molecule has 0 unspecified atom stereocenters. The summed E-state index contributed by atoms with van der Waals surface area (Å²) in [5, 5.41) is 8.63. The summed E-state index contributed by atoms with van der Waals surface area (Å²) in [7, 11) is 1.53. The predicted molar refractivity (Wildman–Crippen MR) is 68.6 cm³/mol. The molecule has 0 bridgehead atoms. The largest absolute Gasteiger partial charge is 0.493 e. The quantitative estimate of drug-likeness (QED) is 0.639. The lowest BCUT2D eigenvalue weighted by Crippen LogP contribution is -1.99. The van der Waals surface area contributed by atoms with Gasteiger partial charge in [-0.3, -0.25) is 0 Å². The van der Waals surface area contributed by atoms with E-state index in [-0.39, 0.29) is 6.61 Å². The summed E-state index contributed by atoms with van der Waals surface area (Å²) in [5.41, 5.74) is 0.634. The highest BCUT2D eigenvalue weighted by Crippen LogP contribution is 2.31. The molecule has 1 aromatic rings. The second kappa shape index (κ2) is 7.02. The molecule has 94 valence electrons. The molecule has 0 heterocycles. The number of hydrogen-bond acceptors (Lipinski definition) is 3. The average Bonchev–Trinajstić information content (AvgIpc) is 2.37. The summed E-state index contributed by atoms with van der Waals surface area (Å²) in [5.74, 6) is 5.50. The molecule has 0 amide bonds. The van der Waals surface area contributed by atoms with Gasteiger partial charge < -0.3 is 14.6 Å². The summed E-state index contributed by atoms with van der Waals surface area (Å²) in [6, 6.07) is 5.25. The van der Waals surface area contributed by atoms with Crippen LogP contribution in [0.3, 0.4) is 0 Å². The van der Waals surface area contributed by atoms with Crippen molar-refractivity contribution in [1.82, 2.24) is 0 Å². The minimum absolute atomic E-state index is 0.227. The first kappa shape index (κ1) is 13.7. The van der Waals surface area contributed by atoms with Crippen molar-refractivity contribution in [3.8, 4) is 23.3 Å². The van der Waals surface area contributed by atoms with Crippen LogP contribution in [0.25, 0.3) is 6.08 Å². The number of benzene rings is 1. The van der Waals surface area contributed by atoms with E-state index in [1.54, 1.807) is 25.1 Å². The Balaban J connectivity index is 3.06. The fourth-order valence-electron chi connectivity index (χ4n) is 1.32. The van der Waals surface area contributed by atoms with Gasteiger partial charge in [0.1, 0.15) is 6.61 Å². The van der Waals surface area contributed by atoms with Crippen LogP contribution in [0.4, 0.5) is 0 Å². The van der Waals surface area contributed by atoms with Crippen molar-refractivity contribution in [2.24, 2.45) is 0 Å². The third kappa shape index (κ3) is 3.87. The van der Waals surface area contributed by atoms with Crippen molar-refractivity contribution in [2.45, 2.75) is 6.92 Å². The second-order valence-electron chi connectivity index (χ2n) is 3.27. The highest BCUT2D eigenvalue weighted by atomic mass is 16.5. The van der Waals surface area contributed by atoms with Gasteiger partial charge in [-0.05, 0) is 19.1 Å². The topological polar surface area (TPSA) is 55.8 Å². The Morgan fingerprint density at radius 3 is 2.89 bits per heavy atom. The molecule has 1 aromatic carbocycles. The molecule has 18 heavy (non-hydrogen) atoms. The fourth-order valence-corrected chi connectivity index (χ4v) is 1.32. The number of hydrogen-bond donors (Lipinski definition) is 1. The Kier molecular flexibility index (Phi) is 5.33. The number of aliphatic carboxylic acids is 1. The third-order valence-electron chi connectivity index (χ3n) is 2.10. The summed E-state index contributed by atoms with van der Waals surface area (Å²) in [6.07, 6.45) is 2.51. The van der Waals surface area contributed by atoms with E-state index < -0.39 is 5.97 Å². The van der Waals surface area contributed by atoms with E-state index in [0.29, 0.717) is 17.1 Å². The molecule has 0 spiro atoms. The molecule has 0 saturated heterocycles. The highest BCUT2D eigenvalue weighted by Gasteiger charge is 2.08. The molecule has 1 N–H and O–H groups in total. The number of para-hydroxylation sites is 1. The van der Waals surface area contributed by atoms with Gasteiger partial charge in [-0.25, -0.2) is 4.79 Å². The molecule has 0 radical (unpaired) electrons. The first-order valence-electron chi connectivity index (χ1n) is 5.29. The van der Waals surface area contributed by atoms with Gasteiger partial charge in [-0.2, -0.15) is 0 Å². The zero-order valence-electron chi connectivity index (χ0n) is 10.3. The van der Waals surface area contributed by atoms with Crippen molar-refractivity contribution in [3.05, 3.63) is 29.8 Å². The molecular formula is C14H14O4. The third-order valence-corrected chi connectivity index (χ3v) is 2.10. The zero-order valence-corrected chi connectivity index (χ0v) is 10.3. The fraction of sp³-hybridized carbons (Fsp3) is 0.214. The van der Waals surface area contributed by atoms with E-state index in [1.165, 1.54) is 13.2 Å². The first-order valence-corrected chi connectivity index (χ1v) is 5.29. The minimum Gasteiger partial charge on any atom is -0.493 e. The molecule has 0 saturated carbocycles. The molecular weight excluding hydrogens is 232 g/mol. The van der Waals surface area contributed by atoms with Crippen molar-refractivity contribution in [2.75, 3.05) is 13.7 Å². The van der Waals surface area contributed by atoms with Crippen LogP contribution in [-0.2, 0) is 4.79 Å². The van der Waals surface area contributed by atoms with Crippen LogP contribution < -0.4 is 9.47 Å². The van der Waals surface area contributed by atoms with E-state index in [9.17, 15) is 4.79 Å². The Morgan fingerprint density at radius 2 is 2.28 bits per heavy atom. The molecule has 4 nitrogen and oxygen atoms in total. The Labute approximate surface area is 106 Å². The van der Waals surface area contributed by atoms with Crippen molar-refractivity contribution >= 4 is 12.0 Å². The monoisotopic (exact) mass is 246 g/mol. The van der Waals surface area contributed by atoms with Gasteiger partial charge >= 0.3 is 5.97 Å². The normalized spacial score (nSPS) is 9.67. The summed E-state index contributed by atoms with van der Waals surface area (Å²) in [6.45, 7) is 1.95. The maximum atomic E-state index is 10.5. The average molecular weight is 246 g/mol. The van der Waals surface area contributed by atoms with Crippen LogP contribution in [0.1, 0.15) is 12.5 Å². The highest BCUT2D eigenvalue weighted by molar-refractivity contribution is 5.86. The first-order chi connectivity index (χ1) is 8.69. The van der Waals surface area contributed by atoms with Crippen molar-refractivity contribution in [1.29, 1.82) is 0 Å². The zero-order chi connectivity index (χ0) is 13.4. The summed E-state index contributed by atoms with van der Waals surface area (Å²) in [4.78, 5) is 10.5. The summed E-state index contributed by atoms with van der Waals surface area (Å²) >= 11 is 0. The summed E-state index contributed by atoms with van der Waals surface area (Å²) < 4.78 is 10.7. The van der Waals surface area contributed by atoms with Crippen LogP contribution in [0.5, 0.6) is 11.5 Å². The predicted octanol–water partition coefficient (Wildman–Crippen LogP) is 2.20. The van der Waals surface area contributed by atoms with Crippen LogP contribution in [0.2, 0.25) is 0 Å². The number of carbonyl (C=O) groups is 1. The van der Waals surface area contributed by atoms with E-state index in [1.807, 2.05) is 0 Å². The molecule has 0 aliphatic carbocycles. The smallest absolute Gasteiger partial charge is 0.328 e. The standard InChI is InChI=1S/C14H14O4/c1-3-4-10-18-14-11(8-9-13(15)16)6-5-7-12(14)17-2/h5-9H,10H2,1-2H3,(H,15,16). The molecule has 0 aliphatic heterocycles. The van der Waals surface area contributed by atoms with Gasteiger partial charge in [0.2, 0.25) is 0 Å². The number of carboxylic acid groups (broad SMARTS) is 1. The van der Waals surface area contributed by atoms with E-state index in [2.05, 4.69) is 11.8 Å². The Morgan fingerprint density at radius 1 is 1.50 bits per heavy atom. The van der Waals surface area contributed by atoms with Crippen LogP contribution in [0.15, 0.2) is 24.3 Å².